The van der Waals surface area contributed by atoms with Crippen molar-refractivity contribution < 1.29 is 19.4 Å². The molecule has 0 fully saturated rings. The number of hydrogen-bond acceptors (Lipinski definition) is 8. The van der Waals surface area contributed by atoms with Gasteiger partial charge in [0.1, 0.15) is 0 Å². The van der Waals surface area contributed by atoms with Crippen LogP contribution in [0.2, 0.25) is 0 Å². The zero-order chi connectivity index (χ0) is 20.5. The molecule has 0 aromatic heterocycles. The van der Waals surface area contributed by atoms with Crippen LogP contribution in [0.5, 0.6) is 0 Å². The van der Waals surface area contributed by atoms with Crippen LogP contribution in [0.4, 0.5) is 17.1 Å². The Kier molecular flexibility index (Phi) is 8.16. The molecule has 0 aliphatic carbocycles. The Hall–Kier alpha value is -3.22. The van der Waals surface area contributed by atoms with E-state index in [-0.39, 0.29) is 16.6 Å². The number of hydrogen-bond donors (Lipinski definition) is 0. The number of isocyanates is 2. The van der Waals surface area contributed by atoms with Crippen LogP contribution in [0.3, 0.4) is 0 Å². The third-order valence-electron chi connectivity index (χ3n) is 2.79. The average molecular weight is 364 g/mol. The second-order valence-electron chi connectivity index (χ2n) is 7.18. The van der Waals surface area contributed by atoms with Gasteiger partial charge in [-0.3, -0.25) is 20.2 Å². The summed E-state index contributed by atoms with van der Waals surface area (Å²) in [6.45, 7) is 10.3. The molecule has 10 nitrogen and oxygen atoms in total. The fraction of sp³-hybridized carbons (Fsp3) is 0.500. The van der Waals surface area contributed by atoms with Gasteiger partial charge in [-0.1, -0.05) is 20.8 Å². The molecule has 140 valence electrons. The van der Waals surface area contributed by atoms with Crippen molar-refractivity contribution in [2.75, 3.05) is 0 Å². The summed E-state index contributed by atoms with van der Waals surface area (Å²) in [5.74, 6) is 0. The van der Waals surface area contributed by atoms with Crippen LogP contribution in [-0.2, 0) is 9.59 Å². The summed E-state index contributed by atoms with van der Waals surface area (Å²) >= 11 is 0. The van der Waals surface area contributed by atoms with Gasteiger partial charge in [0.15, 0.2) is 0 Å². The monoisotopic (exact) mass is 364 g/mol. The minimum Gasteiger partial charge on any atom is -0.258 e. The molecule has 1 aromatic carbocycles. The molecule has 1 rings (SSSR count). The number of carbonyl (C=O) groups excluding carboxylic acids is 2. The molecule has 0 aliphatic rings. The molecule has 26 heavy (non-hydrogen) atoms. The van der Waals surface area contributed by atoms with E-state index in [4.69, 9.17) is 0 Å². The Balaban J connectivity index is 0.000000508. The number of rotatable bonds is 5. The zero-order valence-electron chi connectivity index (χ0n) is 15.2. The number of nitro benzene ring substituents is 2. The smallest absolute Gasteiger partial charge is 0.258 e. The Labute approximate surface area is 150 Å². The molecule has 1 aromatic rings. The first-order valence-corrected chi connectivity index (χ1v) is 7.42. The predicted molar refractivity (Wildman–Crippen MR) is 93.8 cm³/mol. The summed E-state index contributed by atoms with van der Waals surface area (Å²) in [4.78, 5) is 45.9. The first-order chi connectivity index (χ1) is 11.8. The van der Waals surface area contributed by atoms with Gasteiger partial charge in [0.05, 0.1) is 27.1 Å². The number of nitro groups is 2. The molecule has 0 amide bonds. The van der Waals surface area contributed by atoms with Gasteiger partial charge >= 0.3 is 0 Å². The third-order valence-corrected chi connectivity index (χ3v) is 2.79. The van der Waals surface area contributed by atoms with Crippen molar-refractivity contribution in [1.82, 2.24) is 0 Å². The minimum atomic E-state index is -0.809. The zero-order valence-corrected chi connectivity index (χ0v) is 15.2. The van der Waals surface area contributed by atoms with Crippen molar-refractivity contribution in [3.63, 3.8) is 0 Å². The molecule has 0 saturated carbocycles. The molecular weight excluding hydrogens is 344 g/mol. The summed E-state index contributed by atoms with van der Waals surface area (Å²) < 4.78 is 0. The first-order valence-electron chi connectivity index (χ1n) is 7.42. The third kappa shape index (κ3) is 9.17. The molecule has 0 heterocycles. The Morgan fingerprint density at radius 1 is 0.923 bits per heavy atom. The molecule has 0 atom stereocenters. The second-order valence-corrected chi connectivity index (χ2v) is 7.18. The van der Waals surface area contributed by atoms with Gasteiger partial charge in [-0.15, -0.1) is 0 Å². The van der Waals surface area contributed by atoms with Crippen LogP contribution in [0.15, 0.2) is 28.2 Å². The summed E-state index contributed by atoms with van der Waals surface area (Å²) in [6.07, 6.45) is 3.65. The lowest BCUT2D eigenvalue weighted by atomic mass is 9.82. The highest BCUT2D eigenvalue weighted by Crippen LogP contribution is 2.29. The predicted octanol–water partition coefficient (Wildman–Crippen LogP) is 4.01. The van der Waals surface area contributed by atoms with Crippen LogP contribution in [-0.4, -0.2) is 27.5 Å². The Bertz CT molecular complexity index is 707. The van der Waals surface area contributed by atoms with E-state index in [1.807, 2.05) is 13.8 Å². The van der Waals surface area contributed by atoms with Gasteiger partial charge in [-0.05, 0) is 25.7 Å². The number of nitrogens with zero attached hydrogens (tertiary/aromatic N) is 4. The lowest BCUT2D eigenvalue weighted by molar-refractivity contribution is -0.394. The Morgan fingerprint density at radius 3 is 1.69 bits per heavy atom. The molecular formula is C16H20N4O6. The molecule has 0 spiro atoms. The summed E-state index contributed by atoms with van der Waals surface area (Å²) in [5.41, 5.74) is -1.23. The summed E-state index contributed by atoms with van der Waals surface area (Å²) in [5, 5.41) is 20.7. The fourth-order valence-corrected chi connectivity index (χ4v) is 2.37. The molecule has 0 N–H and O–H groups in total. The van der Waals surface area contributed by atoms with E-state index in [1.54, 1.807) is 6.08 Å². The van der Waals surface area contributed by atoms with Crippen molar-refractivity contribution in [3.8, 4) is 0 Å². The maximum absolute atomic E-state index is 10.4. The van der Waals surface area contributed by atoms with E-state index in [0.717, 1.165) is 30.7 Å². The first kappa shape index (κ1) is 22.8. The quantitative estimate of drug-likeness (QED) is 0.334. The van der Waals surface area contributed by atoms with Crippen LogP contribution in [0.1, 0.15) is 41.0 Å². The van der Waals surface area contributed by atoms with Gasteiger partial charge in [0.2, 0.25) is 12.2 Å². The standard InChI is InChI=1S/C9H17NO.C7H3N3O5/c1-8(2,3)6-9(4,5)10-7-11;11-4-8-5-1-6(9(12)13)3-7(2-5)10(14)15/h6H2,1-5H3;1-3H. The summed E-state index contributed by atoms with van der Waals surface area (Å²) in [7, 11) is 0. The van der Waals surface area contributed by atoms with E-state index >= 15 is 0 Å². The van der Waals surface area contributed by atoms with E-state index in [2.05, 4.69) is 30.8 Å². The highest BCUT2D eigenvalue weighted by atomic mass is 16.6. The fourth-order valence-electron chi connectivity index (χ4n) is 2.37. The van der Waals surface area contributed by atoms with E-state index in [1.165, 1.54) is 0 Å². The molecule has 0 unspecified atom stereocenters. The van der Waals surface area contributed by atoms with Gasteiger partial charge in [0.25, 0.3) is 11.4 Å². The molecule has 0 saturated heterocycles. The minimum absolute atomic E-state index is 0.175. The molecule has 0 aliphatic heterocycles. The molecule has 0 bridgehead atoms. The lowest BCUT2D eigenvalue weighted by Gasteiger charge is -2.27. The lowest BCUT2D eigenvalue weighted by Crippen LogP contribution is -2.24. The van der Waals surface area contributed by atoms with Gasteiger partial charge in [0, 0.05) is 12.1 Å². The van der Waals surface area contributed by atoms with Crippen LogP contribution < -0.4 is 0 Å². The van der Waals surface area contributed by atoms with Crippen molar-refractivity contribution in [1.29, 1.82) is 0 Å². The van der Waals surface area contributed by atoms with E-state index in [9.17, 15) is 29.8 Å². The highest BCUT2D eigenvalue weighted by Gasteiger charge is 2.24. The second kappa shape index (κ2) is 9.31. The molecule has 0 radical (unpaired) electrons. The summed E-state index contributed by atoms with van der Waals surface area (Å²) in [6, 6.07) is 2.67. The van der Waals surface area contributed by atoms with Gasteiger partial charge < -0.3 is 0 Å². The normalized spacial score (nSPS) is 10.5. The van der Waals surface area contributed by atoms with E-state index in [0.29, 0.717) is 0 Å². The van der Waals surface area contributed by atoms with Gasteiger partial charge in [-0.25, -0.2) is 9.59 Å². The number of benzene rings is 1. The number of aliphatic imine (C=N–C) groups is 2. The molecule has 10 heteroatoms. The Morgan fingerprint density at radius 2 is 1.38 bits per heavy atom. The maximum atomic E-state index is 10.4. The van der Waals surface area contributed by atoms with Crippen molar-refractivity contribution in [2.24, 2.45) is 15.4 Å². The van der Waals surface area contributed by atoms with Crippen molar-refractivity contribution in [2.45, 2.75) is 46.6 Å². The van der Waals surface area contributed by atoms with Crippen molar-refractivity contribution >= 4 is 29.2 Å². The average Bonchev–Trinajstić information content (AvgIpc) is 2.45. The highest BCUT2D eigenvalue weighted by molar-refractivity contribution is 5.59. The largest absolute Gasteiger partial charge is 0.278 e. The van der Waals surface area contributed by atoms with Gasteiger partial charge in [-0.2, -0.15) is 9.98 Å². The maximum Gasteiger partial charge on any atom is 0.278 e. The van der Waals surface area contributed by atoms with Crippen molar-refractivity contribution in [3.05, 3.63) is 38.4 Å². The topological polar surface area (TPSA) is 145 Å². The van der Waals surface area contributed by atoms with Crippen LogP contribution >= 0.6 is 0 Å². The van der Waals surface area contributed by atoms with E-state index < -0.39 is 21.2 Å². The number of non-ortho nitro benzene ring substituents is 2. The van der Waals surface area contributed by atoms with Crippen LogP contribution in [0.25, 0.3) is 0 Å². The van der Waals surface area contributed by atoms with Crippen LogP contribution in [0, 0.1) is 25.6 Å². The SMILES string of the molecule is CC(C)(C)CC(C)(C)N=C=O.O=C=Nc1cc([N+](=O)[O-])cc([N+](=O)[O-])c1.